The molecule has 7 heteroatoms. The monoisotopic (exact) mass is 379 g/mol. The van der Waals surface area contributed by atoms with Crippen LogP contribution in [0.2, 0.25) is 10.0 Å². The number of aliphatic carboxylic acids is 1. The second-order valence-corrected chi connectivity index (χ2v) is 5.71. The lowest BCUT2D eigenvalue weighted by Crippen LogP contribution is -2.29. The molecule has 0 aliphatic heterocycles. The summed E-state index contributed by atoms with van der Waals surface area (Å²) in [4.78, 5) is 22.6. The van der Waals surface area contributed by atoms with E-state index in [1.807, 2.05) is 0 Å². The van der Waals surface area contributed by atoms with Crippen molar-refractivity contribution >= 4 is 41.0 Å². The average Bonchev–Trinajstić information content (AvgIpc) is 2.60. The summed E-state index contributed by atoms with van der Waals surface area (Å²) < 4.78 is 10.2. The van der Waals surface area contributed by atoms with Crippen LogP contribution in [0, 0.1) is 0 Å². The fraction of sp³-hybridized carbons (Fsp3) is 0.111. The molecule has 0 saturated heterocycles. The number of hydrogen-bond acceptors (Lipinski definition) is 5. The summed E-state index contributed by atoms with van der Waals surface area (Å²) in [7, 11) is 1.43. The van der Waals surface area contributed by atoms with Gasteiger partial charge in [-0.3, -0.25) is 4.79 Å². The maximum atomic E-state index is 12.2. The molecule has 25 heavy (non-hydrogen) atoms. The Balaban J connectivity index is 2.15. The number of halogens is 2. The summed E-state index contributed by atoms with van der Waals surface area (Å²) >= 11 is 11.7. The van der Waals surface area contributed by atoms with Crippen molar-refractivity contribution in [1.29, 1.82) is 0 Å². The Morgan fingerprint density at radius 3 is 2.48 bits per heavy atom. The highest BCUT2D eigenvalue weighted by atomic mass is 35.5. The summed E-state index contributed by atoms with van der Waals surface area (Å²) in [5.74, 6) is -0.974. The van der Waals surface area contributed by atoms with Crippen LogP contribution in [0.25, 0.3) is 6.08 Å². The maximum absolute atomic E-state index is 12.2. The first-order valence-corrected chi connectivity index (χ1v) is 7.84. The first-order valence-electron chi connectivity index (χ1n) is 7.09. The zero-order valence-corrected chi connectivity index (χ0v) is 14.6. The summed E-state index contributed by atoms with van der Waals surface area (Å²) in [6.07, 6.45) is 2.98. The lowest BCUT2D eigenvalue weighted by atomic mass is 10.1. The zero-order valence-electron chi connectivity index (χ0n) is 13.1. The Bertz CT molecular complexity index is 830. The van der Waals surface area contributed by atoms with Crippen LogP contribution in [0.4, 0.5) is 0 Å². The van der Waals surface area contributed by atoms with E-state index in [0.717, 1.165) is 0 Å². The molecule has 2 aromatic carbocycles. The summed E-state index contributed by atoms with van der Waals surface area (Å²) in [6.45, 7) is -0.582. The molecular formula is C18H13Cl2O5-. The highest BCUT2D eigenvalue weighted by molar-refractivity contribution is 6.42. The molecule has 2 aromatic rings. The topological polar surface area (TPSA) is 75.7 Å². The smallest absolute Gasteiger partial charge is 0.185 e. The van der Waals surface area contributed by atoms with Gasteiger partial charge in [-0.05, 0) is 42.0 Å². The van der Waals surface area contributed by atoms with Gasteiger partial charge in [-0.15, -0.1) is 0 Å². The van der Waals surface area contributed by atoms with Crippen LogP contribution in [-0.4, -0.2) is 25.5 Å². The Hall–Kier alpha value is -2.50. The van der Waals surface area contributed by atoms with Gasteiger partial charge in [-0.2, -0.15) is 0 Å². The first kappa shape index (κ1) is 18.8. The van der Waals surface area contributed by atoms with Crippen LogP contribution in [-0.2, 0) is 4.79 Å². The van der Waals surface area contributed by atoms with Gasteiger partial charge in [0.2, 0.25) is 0 Å². The van der Waals surface area contributed by atoms with Gasteiger partial charge in [0, 0.05) is 5.56 Å². The minimum Gasteiger partial charge on any atom is -0.546 e. The number of carboxylic acids is 1. The van der Waals surface area contributed by atoms with Crippen molar-refractivity contribution < 1.29 is 24.2 Å². The van der Waals surface area contributed by atoms with Crippen molar-refractivity contribution in [1.82, 2.24) is 0 Å². The molecule has 0 unspecified atom stereocenters. The SMILES string of the molecule is COc1cc(/C=C/C(=O)c2ccc(Cl)c(Cl)c2)ccc1OCC(=O)[O-]. The van der Waals surface area contributed by atoms with E-state index in [0.29, 0.717) is 26.9 Å². The van der Waals surface area contributed by atoms with Gasteiger partial charge < -0.3 is 19.4 Å². The van der Waals surface area contributed by atoms with Crippen molar-refractivity contribution in [3.63, 3.8) is 0 Å². The van der Waals surface area contributed by atoms with E-state index in [-0.39, 0.29) is 11.5 Å². The third kappa shape index (κ3) is 5.24. The van der Waals surface area contributed by atoms with Gasteiger partial charge in [0.05, 0.1) is 23.1 Å². The van der Waals surface area contributed by atoms with Crippen LogP contribution in [0.1, 0.15) is 15.9 Å². The summed E-state index contributed by atoms with van der Waals surface area (Å²) in [5.41, 5.74) is 1.08. The number of carboxylic acid groups (broad SMARTS) is 1. The summed E-state index contributed by atoms with van der Waals surface area (Å²) in [5, 5.41) is 11.1. The van der Waals surface area contributed by atoms with Gasteiger partial charge in [-0.1, -0.05) is 35.3 Å². The molecule has 5 nitrogen and oxygen atoms in total. The van der Waals surface area contributed by atoms with E-state index in [1.165, 1.54) is 19.3 Å². The van der Waals surface area contributed by atoms with Crippen molar-refractivity contribution in [2.24, 2.45) is 0 Å². The van der Waals surface area contributed by atoms with Crippen LogP contribution in [0.15, 0.2) is 42.5 Å². The van der Waals surface area contributed by atoms with E-state index in [2.05, 4.69) is 0 Å². The highest BCUT2D eigenvalue weighted by Crippen LogP contribution is 2.28. The van der Waals surface area contributed by atoms with E-state index in [4.69, 9.17) is 32.7 Å². The van der Waals surface area contributed by atoms with Crippen LogP contribution in [0.3, 0.4) is 0 Å². The lowest BCUT2D eigenvalue weighted by molar-refractivity contribution is -0.307. The van der Waals surface area contributed by atoms with Crippen LogP contribution >= 0.6 is 23.2 Å². The molecule has 0 aromatic heterocycles. The molecular weight excluding hydrogens is 367 g/mol. The molecule has 0 heterocycles. The number of allylic oxidation sites excluding steroid dienone is 1. The molecule has 0 amide bonds. The van der Waals surface area contributed by atoms with Crippen molar-refractivity contribution in [3.05, 3.63) is 63.6 Å². The number of hydrogen-bond donors (Lipinski definition) is 0. The number of carbonyl (C=O) groups is 2. The number of ketones is 1. The van der Waals surface area contributed by atoms with Gasteiger partial charge in [-0.25, -0.2) is 0 Å². The Kier molecular flexibility index (Phi) is 6.44. The molecule has 0 saturated carbocycles. The van der Waals surface area contributed by atoms with E-state index in [9.17, 15) is 14.7 Å². The fourth-order valence-electron chi connectivity index (χ4n) is 1.96. The zero-order chi connectivity index (χ0) is 18.4. The predicted molar refractivity (Wildman–Crippen MR) is 93.3 cm³/mol. The van der Waals surface area contributed by atoms with Gasteiger partial charge in [0.15, 0.2) is 17.3 Å². The number of carbonyl (C=O) groups excluding carboxylic acids is 2. The number of benzene rings is 2. The Morgan fingerprint density at radius 1 is 1.08 bits per heavy atom. The number of rotatable bonds is 7. The van der Waals surface area contributed by atoms with Crippen molar-refractivity contribution in [2.75, 3.05) is 13.7 Å². The molecule has 0 N–H and O–H groups in total. The van der Waals surface area contributed by atoms with E-state index < -0.39 is 12.6 Å². The molecule has 0 radical (unpaired) electrons. The quantitative estimate of drug-likeness (QED) is 0.545. The molecule has 0 bridgehead atoms. The molecule has 0 atom stereocenters. The number of ether oxygens (including phenoxy) is 2. The first-order chi connectivity index (χ1) is 11.9. The van der Waals surface area contributed by atoms with Crippen LogP contribution in [0.5, 0.6) is 11.5 Å². The lowest BCUT2D eigenvalue weighted by Gasteiger charge is -2.11. The van der Waals surface area contributed by atoms with Crippen LogP contribution < -0.4 is 14.6 Å². The standard InChI is InChI=1S/C18H14Cl2O5/c1-24-17-8-11(3-7-16(17)25-10-18(22)23)2-6-15(21)12-4-5-13(19)14(20)9-12/h2-9H,10H2,1H3,(H,22,23)/p-1/b6-2+. The fourth-order valence-corrected chi connectivity index (χ4v) is 2.26. The predicted octanol–water partition coefficient (Wildman–Crippen LogP) is 3.03. The Labute approximate surface area is 154 Å². The second kappa shape index (κ2) is 8.55. The molecule has 0 spiro atoms. The van der Waals surface area contributed by atoms with Gasteiger partial charge >= 0.3 is 0 Å². The molecule has 130 valence electrons. The second-order valence-electron chi connectivity index (χ2n) is 4.90. The molecule has 0 aliphatic rings. The van der Waals surface area contributed by atoms with E-state index in [1.54, 1.807) is 36.4 Å². The minimum absolute atomic E-state index is 0.241. The Morgan fingerprint density at radius 2 is 1.84 bits per heavy atom. The molecule has 2 rings (SSSR count). The van der Waals surface area contributed by atoms with Crippen molar-refractivity contribution in [3.8, 4) is 11.5 Å². The van der Waals surface area contributed by atoms with E-state index >= 15 is 0 Å². The largest absolute Gasteiger partial charge is 0.546 e. The third-order valence-electron chi connectivity index (χ3n) is 3.16. The molecule has 0 aliphatic carbocycles. The molecule has 0 fully saturated rings. The minimum atomic E-state index is -1.33. The van der Waals surface area contributed by atoms with Gasteiger partial charge in [0.1, 0.15) is 6.61 Å². The number of methoxy groups -OCH3 is 1. The maximum Gasteiger partial charge on any atom is 0.185 e. The van der Waals surface area contributed by atoms with Crippen molar-refractivity contribution in [2.45, 2.75) is 0 Å². The highest BCUT2D eigenvalue weighted by Gasteiger charge is 2.07. The normalized spacial score (nSPS) is 10.7. The van der Waals surface area contributed by atoms with Gasteiger partial charge in [0.25, 0.3) is 0 Å². The third-order valence-corrected chi connectivity index (χ3v) is 3.90. The average molecular weight is 380 g/mol. The summed E-state index contributed by atoms with van der Waals surface area (Å²) in [6, 6.07) is 9.45.